The summed E-state index contributed by atoms with van der Waals surface area (Å²) in [4.78, 5) is 26.2. The predicted molar refractivity (Wildman–Crippen MR) is 96.7 cm³/mol. The van der Waals surface area contributed by atoms with Crippen LogP contribution >= 0.6 is 0 Å². The fraction of sp³-hybridized carbons (Fsp3) is 0.579. The number of nitrogens with zero attached hydrogens (tertiary/aromatic N) is 1. The quantitative estimate of drug-likeness (QED) is 0.823. The van der Waals surface area contributed by atoms with E-state index < -0.39 is 5.60 Å². The molecule has 0 aromatic heterocycles. The van der Waals surface area contributed by atoms with Crippen molar-refractivity contribution in [2.45, 2.75) is 45.1 Å². The molecule has 0 saturated carbocycles. The van der Waals surface area contributed by atoms with Gasteiger partial charge >= 0.3 is 0 Å². The number of methoxy groups -OCH3 is 1. The first kappa shape index (κ1) is 19.2. The number of piperidine rings is 1. The van der Waals surface area contributed by atoms with Gasteiger partial charge in [-0.2, -0.15) is 0 Å². The third-order valence-electron chi connectivity index (χ3n) is 4.79. The van der Waals surface area contributed by atoms with Crippen molar-refractivity contribution in [3.8, 4) is 5.75 Å². The van der Waals surface area contributed by atoms with Gasteiger partial charge in [0.05, 0.1) is 0 Å². The number of nitrogens with one attached hydrogen (secondary N) is 1. The molecule has 0 bridgehead atoms. The summed E-state index contributed by atoms with van der Waals surface area (Å²) < 4.78 is 10.9. The van der Waals surface area contributed by atoms with E-state index in [4.69, 9.17) is 9.47 Å². The van der Waals surface area contributed by atoms with Crippen molar-refractivity contribution in [2.24, 2.45) is 0 Å². The number of carbonyl (C=O) groups excluding carboxylic acids is 2. The Morgan fingerprint density at radius 1 is 1.16 bits per heavy atom. The molecule has 2 rings (SSSR count). The highest BCUT2D eigenvalue weighted by Gasteiger charge is 2.30. The van der Waals surface area contributed by atoms with Crippen LogP contribution in [-0.2, 0) is 14.3 Å². The Hall–Kier alpha value is -2.08. The van der Waals surface area contributed by atoms with Gasteiger partial charge in [-0.25, -0.2) is 0 Å². The van der Waals surface area contributed by atoms with Crippen molar-refractivity contribution in [1.82, 2.24) is 4.90 Å². The van der Waals surface area contributed by atoms with Gasteiger partial charge in [0.25, 0.3) is 11.8 Å². The average Bonchev–Trinajstić information content (AvgIpc) is 2.67. The summed E-state index contributed by atoms with van der Waals surface area (Å²) in [6.07, 6.45) is 3.91. The molecule has 1 saturated heterocycles. The molecule has 25 heavy (non-hydrogen) atoms. The molecule has 1 heterocycles. The van der Waals surface area contributed by atoms with Crippen LogP contribution in [0.2, 0.25) is 0 Å². The lowest BCUT2D eigenvalue weighted by molar-refractivity contribution is -0.136. The lowest BCUT2D eigenvalue weighted by Crippen LogP contribution is -2.41. The molecule has 0 aliphatic carbocycles. The second-order valence-corrected chi connectivity index (χ2v) is 6.50. The van der Waals surface area contributed by atoms with Crippen LogP contribution in [0.15, 0.2) is 24.3 Å². The minimum absolute atomic E-state index is 0.0240. The zero-order valence-electron chi connectivity index (χ0n) is 15.3. The zero-order valence-corrected chi connectivity index (χ0v) is 15.3. The zero-order chi connectivity index (χ0) is 18.3. The number of anilines is 1. The Labute approximate surface area is 149 Å². The third-order valence-corrected chi connectivity index (χ3v) is 4.79. The second kappa shape index (κ2) is 8.85. The van der Waals surface area contributed by atoms with Crippen LogP contribution in [0.1, 0.15) is 39.5 Å². The van der Waals surface area contributed by atoms with Crippen LogP contribution in [0.4, 0.5) is 5.69 Å². The molecule has 1 aliphatic rings. The molecule has 138 valence electrons. The number of amides is 2. The van der Waals surface area contributed by atoms with E-state index in [9.17, 15) is 9.59 Å². The summed E-state index contributed by atoms with van der Waals surface area (Å²) in [6, 6.07) is 7.00. The minimum atomic E-state index is -0.851. The summed E-state index contributed by atoms with van der Waals surface area (Å²) in [5, 5.41) is 2.83. The van der Waals surface area contributed by atoms with Gasteiger partial charge in [-0.3, -0.25) is 9.59 Å². The normalized spacial score (nSPS) is 16.8. The maximum atomic E-state index is 12.3. The number of hydrogen-bond donors (Lipinski definition) is 1. The highest BCUT2D eigenvalue weighted by molar-refractivity contribution is 5.97. The van der Waals surface area contributed by atoms with Gasteiger partial charge in [-0.05, 0) is 56.9 Å². The molecule has 0 spiro atoms. The largest absolute Gasteiger partial charge is 0.484 e. The highest BCUT2D eigenvalue weighted by Crippen LogP contribution is 2.20. The van der Waals surface area contributed by atoms with Crippen molar-refractivity contribution >= 4 is 17.5 Å². The van der Waals surface area contributed by atoms with Gasteiger partial charge in [-0.15, -0.1) is 0 Å². The van der Waals surface area contributed by atoms with Crippen LogP contribution in [0.25, 0.3) is 0 Å². The fourth-order valence-corrected chi connectivity index (χ4v) is 2.68. The number of hydrogen-bond acceptors (Lipinski definition) is 4. The number of carbonyl (C=O) groups is 2. The number of likely N-dealkylation sites (tertiary alicyclic amines) is 1. The lowest BCUT2D eigenvalue weighted by atomic mass is 10.0. The molecule has 1 aromatic carbocycles. The van der Waals surface area contributed by atoms with Crippen LogP contribution in [0.5, 0.6) is 5.75 Å². The maximum Gasteiger partial charge on any atom is 0.260 e. The number of benzene rings is 1. The summed E-state index contributed by atoms with van der Waals surface area (Å²) in [5.41, 5.74) is -0.188. The summed E-state index contributed by atoms with van der Waals surface area (Å²) >= 11 is 0. The van der Waals surface area contributed by atoms with Gasteiger partial charge in [0, 0.05) is 25.9 Å². The first-order valence-electron chi connectivity index (χ1n) is 8.86. The second-order valence-electron chi connectivity index (χ2n) is 6.50. The van der Waals surface area contributed by atoms with Crippen molar-refractivity contribution in [2.75, 3.05) is 32.1 Å². The van der Waals surface area contributed by atoms with E-state index in [2.05, 4.69) is 5.32 Å². The topological polar surface area (TPSA) is 67.9 Å². The third kappa shape index (κ3) is 5.19. The standard InChI is InChI=1S/C19H28N2O4/c1-4-19(2,24-3)18(23)20-15-8-10-16(11-9-15)25-14-17(22)21-12-6-5-7-13-21/h8-11H,4-7,12-14H2,1-3H3,(H,20,23)/t19-/m0/s1. The van der Waals surface area contributed by atoms with Gasteiger partial charge < -0.3 is 19.7 Å². The SMILES string of the molecule is CC[C@](C)(OC)C(=O)Nc1ccc(OCC(=O)N2CCCCC2)cc1. The molecule has 6 heteroatoms. The van der Waals surface area contributed by atoms with E-state index in [1.54, 1.807) is 31.2 Å². The molecule has 1 atom stereocenters. The van der Waals surface area contributed by atoms with E-state index >= 15 is 0 Å². The smallest absolute Gasteiger partial charge is 0.260 e. The Balaban J connectivity index is 1.85. The van der Waals surface area contributed by atoms with Crippen LogP contribution in [0, 0.1) is 0 Å². The predicted octanol–water partition coefficient (Wildman–Crippen LogP) is 2.83. The molecule has 1 aromatic rings. The molecule has 2 amide bonds. The van der Waals surface area contributed by atoms with Gasteiger partial charge in [0.1, 0.15) is 11.4 Å². The number of ether oxygens (including phenoxy) is 2. The Morgan fingerprint density at radius 3 is 2.36 bits per heavy atom. The molecular weight excluding hydrogens is 320 g/mol. The fourth-order valence-electron chi connectivity index (χ4n) is 2.68. The molecule has 1 fully saturated rings. The van der Waals surface area contributed by atoms with Crippen LogP contribution < -0.4 is 10.1 Å². The first-order chi connectivity index (χ1) is 12.0. The Morgan fingerprint density at radius 2 is 1.80 bits per heavy atom. The van der Waals surface area contributed by atoms with Crippen molar-refractivity contribution < 1.29 is 19.1 Å². The van der Waals surface area contributed by atoms with Crippen molar-refractivity contribution in [3.63, 3.8) is 0 Å². The summed E-state index contributed by atoms with van der Waals surface area (Å²) in [5.74, 6) is 0.440. The van der Waals surface area contributed by atoms with Crippen LogP contribution in [0.3, 0.4) is 0 Å². The first-order valence-corrected chi connectivity index (χ1v) is 8.86. The maximum absolute atomic E-state index is 12.3. The summed E-state index contributed by atoms with van der Waals surface area (Å²) in [6.45, 7) is 5.35. The van der Waals surface area contributed by atoms with E-state index in [0.29, 0.717) is 17.9 Å². The monoisotopic (exact) mass is 348 g/mol. The van der Waals surface area contributed by atoms with E-state index in [1.807, 2.05) is 11.8 Å². The average molecular weight is 348 g/mol. The molecular formula is C19H28N2O4. The van der Waals surface area contributed by atoms with Gasteiger partial charge in [-0.1, -0.05) is 6.92 Å². The van der Waals surface area contributed by atoms with Crippen molar-refractivity contribution in [1.29, 1.82) is 0 Å². The van der Waals surface area contributed by atoms with E-state index in [0.717, 1.165) is 25.9 Å². The van der Waals surface area contributed by atoms with E-state index in [1.165, 1.54) is 13.5 Å². The minimum Gasteiger partial charge on any atom is -0.484 e. The molecule has 6 nitrogen and oxygen atoms in total. The van der Waals surface area contributed by atoms with Gasteiger partial charge in [0.2, 0.25) is 0 Å². The highest BCUT2D eigenvalue weighted by atomic mass is 16.5. The van der Waals surface area contributed by atoms with Gasteiger partial charge in [0.15, 0.2) is 6.61 Å². The molecule has 1 aliphatic heterocycles. The van der Waals surface area contributed by atoms with E-state index in [-0.39, 0.29) is 18.4 Å². The van der Waals surface area contributed by atoms with Crippen molar-refractivity contribution in [3.05, 3.63) is 24.3 Å². The molecule has 0 radical (unpaired) electrons. The molecule has 0 unspecified atom stereocenters. The summed E-state index contributed by atoms with van der Waals surface area (Å²) in [7, 11) is 1.53. The lowest BCUT2D eigenvalue weighted by Gasteiger charge is -2.26. The Bertz CT molecular complexity index is 576. The Kier molecular flexibility index (Phi) is 6.82. The number of rotatable bonds is 7. The molecule has 1 N–H and O–H groups in total. The van der Waals surface area contributed by atoms with Crippen LogP contribution in [-0.4, -0.2) is 49.1 Å².